The summed E-state index contributed by atoms with van der Waals surface area (Å²) in [7, 11) is 0. The van der Waals surface area contributed by atoms with Crippen molar-refractivity contribution in [2.24, 2.45) is 0 Å². The summed E-state index contributed by atoms with van der Waals surface area (Å²) < 4.78 is 6.67. The molecule has 4 heteroatoms. The lowest BCUT2D eigenvalue weighted by Crippen LogP contribution is -2.24. The van der Waals surface area contributed by atoms with Crippen LogP contribution in [0.5, 0.6) is 0 Å². The van der Waals surface area contributed by atoms with Crippen molar-refractivity contribution in [1.82, 2.24) is 5.32 Å². The molecule has 1 atom stereocenters. The molecular formula is C14H17BrClNO. The van der Waals surface area contributed by atoms with Gasteiger partial charge in [0.25, 0.3) is 0 Å². The molecule has 1 aliphatic rings. The van der Waals surface area contributed by atoms with Crippen molar-refractivity contribution in [2.45, 2.75) is 25.8 Å². The normalized spacial score (nSPS) is 16.3. The monoisotopic (exact) mass is 329 g/mol. The fourth-order valence-corrected chi connectivity index (χ4v) is 2.81. The van der Waals surface area contributed by atoms with Crippen LogP contribution in [0.15, 0.2) is 34.5 Å². The predicted molar refractivity (Wildman–Crippen MR) is 78.8 cm³/mol. The molecule has 0 fully saturated rings. The number of hydrogen-bond donors (Lipinski definition) is 1. The molecule has 2 rings (SSSR count). The van der Waals surface area contributed by atoms with Gasteiger partial charge in [-0.25, -0.2) is 0 Å². The third-order valence-electron chi connectivity index (χ3n) is 2.89. The molecule has 0 saturated carbocycles. The zero-order valence-corrected chi connectivity index (χ0v) is 12.7. The van der Waals surface area contributed by atoms with E-state index >= 15 is 0 Å². The van der Waals surface area contributed by atoms with E-state index in [1.807, 2.05) is 18.2 Å². The van der Waals surface area contributed by atoms with Gasteiger partial charge in [0.2, 0.25) is 0 Å². The summed E-state index contributed by atoms with van der Waals surface area (Å²) in [5, 5.41) is 4.25. The molecule has 1 heterocycles. The van der Waals surface area contributed by atoms with E-state index in [0.29, 0.717) is 0 Å². The Labute approximate surface area is 121 Å². The summed E-state index contributed by atoms with van der Waals surface area (Å²) in [6.07, 6.45) is 4.21. The molecule has 0 aliphatic carbocycles. The lowest BCUT2D eigenvalue weighted by Gasteiger charge is -2.21. The molecular weight excluding hydrogens is 314 g/mol. The predicted octanol–water partition coefficient (Wildman–Crippen LogP) is 4.45. The average molecular weight is 331 g/mol. The number of ether oxygens (including phenoxy) is 1. The van der Waals surface area contributed by atoms with Crippen LogP contribution < -0.4 is 5.32 Å². The van der Waals surface area contributed by atoms with Gasteiger partial charge in [-0.15, -0.1) is 0 Å². The first-order valence-corrected chi connectivity index (χ1v) is 7.40. The van der Waals surface area contributed by atoms with E-state index in [2.05, 4.69) is 34.2 Å². The van der Waals surface area contributed by atoms with E-state index in [1.165, 1.54) is 0 Å². The van der Waals surface area contributed by atoms with Crippen molar-refractivity contribution in [1.29, 1.82) is 0 Å². The highest BCUT2D eigenvalue weighted by Crippen LogP contribution is 2.32. The minimum atomic E-state index is 0.0630. The lowest BCUT2D eigenvalue weighted by atomic mass is 10.0. The van der Waals surface area contributed by atoms with Crippen LogP contribution in [0.3, 0.4) is 0 Å². The lowest BCUT2D eigenvalue weighted by molar-refractivity contribution is 0.215. The molecule has 0 bridgehead atoms. The van der Waals surface area contributed by atoms with E-state index in [-0.39, 0.29) is 6.04 Å². The van der Waals surface area contributed by atoms with E-state index in [9.17, 15) is 0 Å². The SMILES string of the molecule is CCCNC(C1=CCCO1)c1ccc(Br)cc1Cl. The van der Waals surface area contributed by atoms with E-state index in [1.54, 1.807) is 0 Å². The van der Waals surface area contributed by atoms with Crippen molar-refractivity contribution >= 4 is 27.5 Å². The molecule has 0 aromatic heterocycles. The number of halogens is 2. The van der Waals surface area contributed by atoms with Gasteiger partial charge in [-0.05, 0) is 36.7 Å². The molecule has 1 unspecified atom stereocenters. The Kier molecular flexibility index (Phi) is 5.10. The van der Waals surface area contributed by atoms with Gasteiger partial charge in [0, 0.05) is 15.9 Å². The van der Waals surface area contributed by atoms with Gasteiger partial charge in [-0.1, -0.05) is 40.5 Å². The van der Waals surface area contributed by atoms with Crippen LogP contribution in [0.25, 0.3) is 0 Å². The van der Waals surface area contributed by atoms with Crippen molar-refractivity contribution in [3.05, 3.63) is 45.1 Å². The van der Waals surface area contributed by atoms with Gasteiger partial charge >= 0.3 is 0 Å². The summed E-state index contributed by atoms with van der Waals surface area (Å²) in [5.74, 6) is 0.993. The Morgan fingerprint density at radius 1 is 1.50 bits per heavy atom. The third kappa shape index (κ3) is 3.28. The largest absolute Gasteiger partial charge is 0.496 e. The quantitative estimate of drug-likeness (QED) is 0.861. The molecule has 1 N–H and O–H groups in total. The van der Waals surface area contributed by atoms with Gasteiger partial charge in [-0.2, -0.15) is 0 Å². The van der Waals surface area contributed by atoms with Gasteiger partial charge in [0.15, 0.2) is 0 Å². The summed E-state index contributed by atoms with van der Waals surface area (Å²) in [6, 6.07) is 6.04. The molecule has 1 aliphatic heterocycles. The van der Waals surface area contributed by atoms with Crippen LogP contribution in [-0.4, -0.2) is 13.2 Å². The molecule has 18 heavy (non-hydrogen) atoms. The number of nitrogens with one attached hydrogen (secondary N) is 1. The van der Waals surface area contributed by atoms with E-state index < -0.39 is 0 Å². The van der Waals surface area contributed by atoms with E-state index in [4.69, 9.17) is 16.3 Å². The molecule has 98 valence electrons. The number of hydrogen-bond acceptors (Lipinski definition) is 2. The Hall–Kier alpha value is -0.510. The molecule has 2 nitrogen and oxygen atoms in total. The van der Waals surface area contributed by atoms with Crippen LogP contribution in [0.2, 0.25) is 5.02 Å². The maximum Gasteiger partial charge on any atom is 0.114 e. The maximum atomic E-state index is 6.33. The summed E-state index contributed by atoms with van der Waals surface area (Å²) >= 11 is 9.76. The minimum absolute atomic E-state index is 0.0630. The summed E-state index contributed by atoms with van der Waals surface area (Å²) in [4.78, 5) is 0. The molecule has 0 saturated heterocycles. The minimum Gasteiger partial charge on any atom is -0.496 e. The summed E-state index contributed by atoms with van der Waals surface area (Å²) in [5.41, 5.74) is 1.07. The molecule has 1 aromatic rings. The highest BCUT2D eigenvalue weighted by Gasteiger charge is 2.22. The molecule has 0 spiro atoms. The van der Waals surface area contributed by atoms with Crippen LogP contribution in [0.1, 0.15) is 31.4 Å². The van der Waals surface area contributed by atoms with Crippen molar-refractivity contribution in [2.75, 3.05) is 13.2 Å². The maximum absolute atomic E-state index is 6.33. The Morgan fingerprint density at radius 2 is 2.33 bits per heavy atom. The highest BCUT2D eigenvalue weighted by molar-refractivity contribution is 9.10. The zero-order chi connectivity index (χ0) is 13.0. The molecule has 0 amide bonds. The topological polar surface area (TPSA) is 21.3 Å². The zero-order valence-electron chi connectivity index (χ0n) is 10.4. The standard InChI is InChI=1S/C14H17BrClNO/c1-2-7-17-14(13-4-3-8-18-13)11-6-5-10(15)9-12(11)16/h4-6,9,14,17H,2-3,7-8H2,1H3. The van der Waals surface area contributed by atoms with Crippen LogP contribution in [0.4, 0.5) is 0 Å². The number of rotatable bonds is 5. The van der Waals surface area contributed by atoms with Gasteiger partial charge in [0.05, 0.1) is 12.6 Å². The van der Waals surface area contributed by atoms with Crippen LogP contribution >= 0.6 is 27.5 Å². The van der Waals surface area contributed by atoms with Crippen molar-refractivity contribution in [3.63, 3.8) is 0 Å². The fraction of sp³-hybridized carbons (Fsp3) is 0.429. The Bertz CT molecular complexity index is 447. The van der Waals surface area contributed by atoms with Crippen molar-refractivity contribution in [3.8, 4) is 0 Å². The molecule has 0 radical (unpaired) electrons. The van der Waals surface area contributed by atoms with Crippen LogP contribution in [0, 0.1) is 0 Å². The molecule has 1 aromatic carbocycles. The Morgan fingerprint density at radius 3 is 2.94 bits per heavy atom. The van der Waals surface area contributed by atoms with Crippen molar-refractivity contribution < 1.29 is 4.74 Å². The van der Waals surface area contributed by atoms with Gasteiger partial charge in [0.1, 0.15) is 5.76 Å². The number of benzene rings is 1. The second-order valence-corrected chi connectivity index (χ2v) is 5.62. The first-order valence-electron chi connectivity index (χ1n) is 6.23. The highest BCUT2D eigenvalue weighted by atomic mass is 79.9. The van der Waals surface area contributed by atoms with Gasteiger partial charge in [-0.3, -0.25) is 0 Å². The Balaban J connectivity index is 2.26. The second-order valence-electron chi connectivity index (χ2n) is 4.30. The third-order valence-corrected chi connectivity index (χ3v) is 3.71. The summed E-state index contributed by atoms with van der Waals surface area (Å²) in [6.45, 7) is 3.86. The van der Waals surface area contributed by atoms with E-state index in [0.717, 1.165) is 46.8 Å². The first-order chi connectivity index (χ1) is 8.72. The average Bonchev–Trinajstić information content (AvgIpc) is 2.85. The first kappa shape index (κ1) is 13.9. The fourth-order valence-electron chi connectivity index (χ4n) is 2.03. The van der Waals surface area contributed by atoms with Gasteiger partial charge < -0.3 is 10.1 Å². The smallest absolute Gasteiger partial charge is 0.114 e. The van der Waals surface area contributed by atoms with Crippen LogP contribution in [-0.2, 0) is 4.74 Å². The second kappa shape index (κ2) is 6.60.